The van der Waals surface area contributed by atoms with Crippen LogP contribution in [0.15, 0.2) is 30.3 Å². The molecule has 0 fully saturated rings. The minimum Gasteiger partial charge on any atom is -0.326 e. The van der Waals surface area contributed by atoms with Crippen molar-refractivity contribution in [3.63, 3.8) is 0 Å². The summed E-state index contributed by atoms with van der Waals surface area (Å²) < 4.78 is 0. The molecule has 19 heavy (non-hydrogen) atoms. The summed E-state index contributed by atoms with van der Waals surface area (Å²) in [7, 11) is 2.00. The predicted molar refractivity (Wildman–Crippen MR) is 92.6 cm³/mol. The van der Waals surface area contributed by atoms with Gasteiger partial charge in [-0.15, -0.1) is 0 Å². The smallest absolute Gasteiger partial charge is 0.0178 e. The maximum absolute atomic E-state index is 5.35. The minimum atomic E-state index is 0. The Morgan fingerprint density at radius 3 is 1.84 bits per heavy atom. The van der Waals surface area contributed by atoms with Crippen LogP contribution < -0.4 is 11.1 Å². The standard InChI is InChI=1S/C7H9N.C6H15N.C2H6.2CH4/c8-6-7-4-2-1-3-5-7;1-3-4-5-6-7-2;1-2;;/h1-5H,6,8H2;7H,3-6H2,1-2H3;1-2H3;2*1H4. The molecule has 0 saturated carbocycles. The fraction of sp³-hybridized carbons (Fsp3) is 0.647. The molecule has 0 bridgehead atoms. The summed E-state index contributed by atoms with van der Waals surface area (Å²) >= 11 is 0. The number of nitrogens with two attached hydrogens (primary N) is 1. The lowest BCUT2D eigenvalue weighted by atomic mass is 10.2. The highest BCUT2D eigenvalue weighted by Crippen LogP contribution is 1.94. The van der Waals surface area contributed by atoms with Crippen molar-refractivity contribution in [2.45, 2.75) is 61.4 Å². The molecular formula is C17H38N2. The van der Waals surface area contributed by atoms with Gasteiger partial charge < -0.3 is 11.1 Å². The predicted octanol–water partition coefficient (Wildman–Crippen LogP) is 4.84. The van der Waals surface area contributed by atoms with E-state index < -0.39 is 0 Å². The molecule has 0 saturated heterocycles. The van der Waals surface area contributed by atoms with Crippen molar-refractivity contribution < 1.29 is 0 Å². The zero-order chi connectivity index (χ0) is 13.4. The number of hydrogen-bond donors (Lipinski definition) is 2. The first-order valence-corrected chi connectivity index (χ1v) is 6.73. The lowest BCUT2D eigenvalue weighted by Crippen LogP contribution is -2.06. The Labute approximate surface area is 122 Å². The second-order valence-electron chi connectivity index (χ2n) is 3.50. The highest BCUT2D eigenvalue weighted by molar-refractivity contribution is 5.13. The molecule has 0 unspecified atom stereocenters. The highest BCUT2D eigenvalue weighted by atomic mass is 14.8. The number of benzene rings is 1. The van der Waals surface area contributed by atoms with Crippen molar-refractivity contribution in [2.24, 2.45) is 5.73 Å². The summed E-state index contributed by atoms with van der Waals surface area (Å²) in [6, 6.07) is 9.99. The normalized spacial score (nSPS) is 7.63. The molecule has 1 aromatic rings. The van der Waals surface area contributed by atoms with Gasteiger partial charge in [-0.2, -0.15) is 0 Å². The third-order valence-electron chi connectivity index (χ3n) is 2.11. The molecule has 0 aliphatic rings. The van der Waals surface area contributed by atoms with Crippen LogP contribution in [-0.2, 0) is 6.54 Å². The molecule has 0 radical (unpaired) electrons. The fourth-order valence-electron chi connectivity index (χ4n) is 1.17. The third kappa shape index (κ3) is 22.8. The Morgan fingerprint density at radius 1 is 1.00 bits per heavy atom. The topological polar surface area (TPSA) is 38.0 Å². The lowest BCUT2D eigenvalue weighted by Gasteiger charge is -1.93. The Hall–Kier alpha value is -0.860. The average molecular weight is 271 g/mol. The Bertz CT molecular complexity index is 206. The third-order valence-corrected chi connectivity index (χ3v) is 2.11. The van der Waals surface area contributed by atoms with E-state index >= 15 is 0 Å². The van der Waals surface area contributed by atoms with Crippen molar-refractivity contribution in [3.05, 3.63) is 35.9 Å². The number of hydrogen-bond acceptors (Lipinski definition) is 2. The molecule has 0 aliphatic heterocycles. The van der Waals surface area contributed by atoms with Gasteiger partial charge >= 0.3 is 0 Å². The van der Waals surface area contributed by atoms with E-state index in [-0.39, 0.29) is 14.9 Å². The molecular weight excluding hydrogens is 232 g/mol. The molecule has 2 nitrogen and oxygen atoms in total. The van der Waals surface area contributed by atoms with Gasteiger partial charge in [0.15, 0.2) is 0 Å². The Balaban J connectivity index is -0.0000000965. The van der Waals surface area contributed by atoms with Gasteiger partial charge in [-0.25, -0.2) is 0 Å². The van der Waals surface area contributed by atoms with Gasteiger partial charge in [-0.1, -0.05) is 78.8 Å². The van der Waals surface area contributed by atoms with Crippen LogP contribution in [0.4, 0.5) is 0 Å². The Morgan fingerprint density at radius 2 is 1.53 bits per heavy atom. The van der Waals surface area contributed by atoms with Gasteiger partial charge in [0.2, 0.25) is 0 Å². The number of nitrogens with one attached hydrogen (secondary N) is 1. The van der Waals surface area contributed by atoms with E-state index in [0.29, 0.717) is 6.54 Å². The van der Waals surface area contributed by atoms with E-state index in [9.17, 15) is 0 Å². The molecule has 0 aliphatic carbocycles. The first-order valence-electron chi connectivity index (χ1n) is 6.73. The minimum absolute atomic E-state index is 0. The highest BCUT2D eigenvalue weighted by Gasteiger charge is 1.80. The molecule has 0 heterocycles. The van der Waals surface area contributed by atoms with E-state index in [0.717, 1.165) is 0 Å². The molecule has 116 valence electrons. The largest absolute Gasteiger partial charge is 0.326 e. The van der Waals surface area contributed by atoms with Crippen LogP contribution in [0.25, 0.3) is 0 Å². The van der Waals surface area contributed by atoms with Crippen molar-refractivity contribution in [1.29, 1.82) is 0 Å². The van der Waals surface area contributed by atoms with Gasteiger partial charge in [-0.05, 0) is 25.6 Å². The molecule has 2 heteroatoms. The van der Waals surface area contributed by atoms with Gasteiger partial charge in [0.25, 0.3) is 0 Å². The second kappa shape index (κ2) is 25.9. The van der Waals surface area contributed by atoms with Crippen molar-refractivity contribution in [1.82, 2.24) is 5.32 Å². The summed E-state index contributed by atoms with van der Waals surface area (Å²) in [6.07, 6.45) is 4.01. The fourth-order valence-corrected chi connectivity index (χ4v) is 1.17. The maximum Gasteiger partial charge on any atom is 0.0178 e. The van der Waals surface area contributed by atoms with E-state index in [1.54, 1.807) is 0 Å². The van der Waals surface area contributed by atoms with E-state index in [1.807, 2.05) is 51.2 Å². The summed E-state index contributed by atoms with van der Waals surface area (Å²) in [5.41, 5.74) is 6.54. The lowest BCUT2D eigenvalue weighted by molar-refractivity contribution is 0.667. The van der Waals surface area contributed by atoms with Gasteiger partial charge in [0.05, 0.1) is 0 Å². The molecule has 1 rings (SSSR count). The second-order valence-corrected chi connectivity index (χ2v) is 3.50. The van der Waals surface area contributed by atoms with E-state index in [4.69, 9.17) is 5.73 Å². The monoisotopic (exact) mass is 270 g/mol. The van der Waals surface area contributed by atoms with Crippen molar-refractivity contribution >= 4 is 0 Å². The molecule has 3 N–H and O–H groups in total. The summed E-state index contributed by atoms with van der Waals surface area (Å²) in [5.74, 6) is 0. The zero-order valence-corrected chi connectivity index (χ0v) is 12.0. The van der Waals surface area contributed by atoms with E-state index in [2.05, 4.69) is 12.2 Å². The molecule has 1 aromatic carbocycles. The van der Waals surface area contributed by atoms with Crippen LogP contribution in [0.3, 0.4) is 0 Å². The van der Waals surface area contributed by atoms with Crippen LogP contribution in [0.5, 0.6) is 0 Å². The Kier molecular flexibility index (Phi) is 36.3. The zero-order valence-electron chi connectivity index (χ0n) is 12.0. The van der Waals surface area contributed by atoms with Gasteiger partial charge in [0.1, 0.15) is 0 Å². The molecule has 0 aromatic heterocycles. The first kappa shape index (κ1) is 26.7. The van der Waals surface area contributed by atoms with Gasteiger partial charge in [-0.3, -0.25) is 0 Å². The van der Waals surface area contributed by atoms with E-state index in [1.165, 1.54) is 31.4 Å². The van der Waals surface area contributed by atoms with Gasteiger partial charge in [0, 0.05) is 6.54 Å². The number of unbranched alkanes of at least 4 members (excludes halogenated alkanes) is 2. The SMILES string of the molecule is C.C.CC.CCCCCNC.NCc1ccccc1. The van der Waals surface area contributed by atoms with Crippen LogP contribution in [-0.4, -0.2) is 13.6 Å². The summed E-state index contributed by atoms with van der Waals surface area (Å²) in [5, 5.41) is 3.10. The average Bonchev–Trinajstić information content (AvgIpc) is 2.43. The molecule has 0 atom stereocenters. The van der Waals surface area contributed by atoms with Crippen LogP contribution in [0.2, 0.25) is 0 Å². The quantitative estimate of drug-likeness (QED) is 0.751. The van der Waals surface area contributed by atoms with Crippen LogP contribution >= 0.6 is 0 Å². The molecule has 0 amide bonds. The van der Waals surface area contributed by atoms with Crippen molar-refractivity contribution in [3.8, 4) is 0 Å². The number of rotatable bonds is 5. The molecule has 0 spiro atoms. The van der Waals surface area contributed by atoms with Crippen LogP contribution in [0, 0.1) is 0 Å². The maximum atomic E-state index is 5.35. The van der Waals surface area contributed by atoms with Crippen molar-refractivity contribution in [2.75, 3.05) is 13.6 Å². The summed E-state index contributed by atoms with van der Waals surface area (Å²) in [4.78, 5) is 0. The van der Waals surface area contributed by atoms with Crippen LogP contribution in [0.1, 0.15) is 60.5 Å². The summed E-state index contributed by atoms with van der Waals surface area (Å²) in [6.45, 7) is 8.03. The first-order chi connectivity index (χ1) is 8.35.